The van der Waals surface area contributed by atoms with Crippen LogP contribution in [0.4, 0.5) is 0 Å². The lowest BCUT2D eigenvalue weighted by Crippen LogP contribution is -2.05. The molecule has 0 saturated carbocycles. The highest BCUT2D eigenvalue weighted by Gasteiger charge is 2.25. The van der Waals surface area contributed by atoms with Crippen molar-refractivity contribution in [3.8, 4) is 23.5 Å². The van der Waals surface area contributed by atoms with Crippen molar-refractivity contribution >= 4 is 107 Å². The van der Waals surface area contributed by atoms with Crippen LogP contribution < -0.4 is 0 Å². The molecule has 11 aromatic rings. The third-order valence-corrected chi connectivity index (χ3v) is 12.4. The average molecular weight is 671 g/mol. The van der Waals surface area contributed by atoms with Gasteiger partial charge in [0, 0.05) is 61.9 Å². The molecule has 0 aliphatic carbocycles. The summed E-state index contributed by atoms with van der Waals surface area (Å²) in [7, 11) is 0. The third kappa shape index (κ3) is 3.51. The molecular formula is C44H22N4S2. The molecule has 0 unspecified atom stereocenters. The van der Waals surface area contributed by atoms with Crippen molar-refractivity contribution in [2.45, 2.75) is 0 Å². The molecule has 0 radical (unpaired) electrons. The lowest BCUT2D eigenvalue weighted by Gasteiger charge is -2.17. The van der Waals surface area contributed by atoms with Crippen molar-refractivity contribution in [3.05, 3.63) is 145 Å². The largest absolute Gasteiger partial charge is 0.307 e. The molecule has 11 rings (SSSR count). The molecule has 6 heteroatoms. The number of nitriles is 2. The Morgan fingerprint density at radius 3 is 1.32 bits per heavy atom. The fourth-order valence-electron chi connectivity index (χ4n) is 8.17. The average Bonchev–Trinajstić information content (AvgIpc) is 3.91. The third-order valence-electron chi connectivity index (χ3n) is 10.2. The fraction of sp³-hybridized carbons (Fsp3) is 0. The molecule has 0 saturated heterocycles. The number of benzene rings is 7. The summed E-state index contributed by atoms with van der Waals surface area (Å²) >= 11 is 3.56. The Balaban J connectivity index is 1.36. The number of para-hydroxylation sites is 2. The van der Waals surface area contributed by atoms with Gasteiger partial charge in [0.1, 0.15) is 11.6 Å². The lowest BCUT2D eigenvalue weighted by molar-refractivity contribution is 1.12. The van der Waals surface area contributed by atoms with Gasteiger partial charge in [-0.3, -0.25) is 0 Å². The Morgan fingerprint density at radius 1 is 0.420 bits per heavy atom. The first kappa shape index (κ1) is 27.5. The van der Waals surface area contributed by atoms with Crippen molar-refractivity contribution in [1.82, 2.24) is 9.13 Å². The van der Waals surface area contributed by atoms with E-state index in [9.17, 15) is 10.5 Å². The summed E-state index contributed by atoms with van der Waals surface area (Å²) in [6.07, 6.45) is 0. The monoisotopic (exact) mass is 670 g/mol. The standard InChI is InChI=1S/C44H22N4S2/c45-23-25-21-35(47-33-13-5-1-9-26(33)28-17-19-39-41(43(28)47)30-11-3-7-15-37(30)49-39)32(24-46)36(22-25)48-34-14-6-2-10-27(34)29-18-20-40-42(44(29)48)31-12-4-8-16-38(31)50-40/h1-22H. The molecular weight excluding hydrogens is 649 g/mol. The molecule has 4 aromatic heterocycles. The predicted molar refractivity (Wildman–Crippen MR) is 210 cm³/mol. The van der Waals surface area contributed by atoms with Crippen LogP contribution in [0.1, 0.15) is 11.1 Å². The number of hydrogen-bond acceptors (Lipinski definition) is 4. The van der Waals surface area contributed by atoms with Crippen molar-refractivity contribution in [2.75, 3.05) is 0 Å². The van der Waals surface area contributed by atoms with Gasteiger partial charge < -0.3 is 9.13 Å². The molecule has 0 bridgehead atoms. The summed E-state index contributed by atoms with van der Waals surface area (Å²) in [4.78, 5) is 0. The molecule has 0 spiro atoms. The summed E-state index contributed by atoms with van der Waals surface area (Å²) in [5.74, 6) is 0. The highest BCUT2D eigenvalue weighted by molar-refractivity contribution is 7.26. The summed E-state index contributed by atoms with van der Waals surface area (Å²) in [6.45, 7) is 0. The van der Waals surface area contributed by atoms with Crippen LogP contribution in [0.3, 0.4) is 0 Å². The minimum atomic E-state index is 0.496. The van der Waals surface area contributed by atoms with E-state index >= 15 is 0 Å². The van der Waals surface area contributed by atoms with Crippen molar-refractivity contribution in [1.29, 1.82) is 10.5 Å². The van der Waals surface area contributed by atoms with Crippen LogP contribution in [0.5, 0.6) is 0 Å². The molecule has 0 aliphatic rings. The maximum absolute atomic E-state index is 11.3. The van der Waals surface area contributed by atoms with Gasteiger partial charge in [0.05, 0.1) is 45.1 Å². The van der Waals surface area contributed by atoms with E-state index in [4.69, 9.17) is 0 Å². The number of thiophene rings is 2. The predicted octanol–water partition coefficient (Wildman–Crippen LogP) is 12.4. The minimum Gasteiger partial charge on any atom is -0.307 e. The van der Waals surface area contributed by atoms with Crippen LogP contribution in [-0.4, -0.2) is 9.13 Å². The van der Waals surface area contributed by atoms with Crippen LogP contribution in [0, 0.1) is 22.7 Å². The smallest absolute Gasteiger partial charge is 0.104 e. The van der Waals surface area contributed by atoms with Gasteiger partial charge in [0.15, 0.2) is 0 Å². The van der Waals surface area contributed by atoms with Crippen molar-refractivity contribution in [2.24, 2.45) is 0 Å². The fourth-order valence-corrected chi connectivity index (χ4v) is 10.4. The second kappa shape index (κ2) is 10.0. The number of hydrogen-bond donors (Lipinski definition) is 0. The first-order valence-corrected chi connectivity index (χ1v) is 18.0. The van der Waals surface area contributed by atoms with Crippen molar-refractivity contribution in [3.63, 3.8) is 0 Å². The van der Waals surface area contributed by atoms with E-state index in [-0.39, 0.29) is 0 Å². The first-order chi connectivity index (χ1) is 24.7. The van der Waals surface area contributed by atoms with E-state index in [0.29, 0.717) is 22.5 Å². The lowest BCUT2D eigenvalue weighted by atomic mass is 10.0. The first-order valence-electron chi connectivity index (χ1n) is 16.4. The van der Waals surface area contributed by atoms with Gasteiger partial charge in [0.2, 0.25) is 0 Å². The summed E-state index contributed by atoms with van der Waals surface area (Å²) < 4.78 is 9.28. The van der Waals surface area contributed by atoms with E-state index in [2.05, 4.69) is 130 Å². The topological polar surface area (TPSA) is 57.4 Å². The molecule has 0 N–H and O–H groups in total. The van der Waals surface area contributed by atoms with Crippen LogP contribution in [0.25, 0.3) is 95.3 Å². The molecule has 4 heterocycles. The number of rotatable bonds is 2. The van der Waals surface area contributed by atoms with Gasteiger partial charge in [-0.1, -0.05) is 84.9 Å². The van der Waals surface area contributed by atoms with Crippen LogP contribution in [-0.2, 0) is 0 Å². The molecule has 7 aromatic carbocycles. The molecule has 0 fully saturated rings. The maximum atomic E-state index is 11.3. The zero-order valence-corrected chi connectivity index (χ0v) is 27.9. The highest BCUT2D eigenvalue weighted by Crippen LogP contribution is 2.46. The van der Waals surface area contributed by atoms with E-state index in [1.165, 1.54) is 29.6 Å². The Kier molecular flexibility index (Phi) is 5.52. The Bertz CT molecular complexity index is 3150. The second-order valence-electron chi connectivity index (χ2n) is 12.7. The Hall–Kier alpha value is -6.44. The van der Waals surface area contributed by atoms with Gasteiger partial charge in [-0.05, 0) is 48.5 Å². The Morgan fingerprint density at radius 2 is 0.860 bits per heavy atom. The quantitative estimate of drug-likeness (QED) is 0.184. The van der Waals surface area contributed by atoms with Crippen molar-refractivity contribution < 1.29 is 0 Å². The zero-order chi connectivity index (χ0) is 33.1. The van der Waals surface area contributed by atoms with Gasteiger partial charge in [-0.15, -0.1) is 22.7 Å². The number of aromatic nitrogens is 2. The molecule has 0 atom stereocenters. The van der Waals surface area contributed by atoms with Gasteiger partial charge >= 0.3 is 0 Å². The van der Waals surface area contributed by atoms with Gasteiger partial charge in [0.25, 0.3) is 0 Å². The molecule has 4 nitrogen and oxygen atoms in total. The zero-order valence-electron chi connectivity index (χ0n) is 26.3. The van der Waals surface area contributed by atoms with Crippen LogP contribution in [0.15, 0.2) is 133 Å². The summed E-state index contributed by atoms with van der Waals surface area (Å²) in [5.41, 5.74) is 6.50. The molecule has 0 aliphatic heterocycles. The summed E-state index contributed by atoms with van der Waals surface area (Å²) in [6, 6.07) is 51.6. The van der Waals surface area contributed by atoms with E-state index in [1.54, 1.807) is 22.7 Å². The number of nitrogens with zero attached hydrogens (tertiary/aromatic N) is 4. The Labute approximate surface area is 293 Å². The van der Waals surface area contributed by atoms with Crippen LogP contribution >= 0.6 is 22.7 Å². The molecule has 50 heavy (non-hydrogen) atoms. The maximum Gasteiger partial charge on any atom is 0.104 e. The number of fused-ring (bicyclic) bond motifs is 14. The summed E-state index contributed by atoms with van der Waals surface area (Å²) in [5, 5.41) is 31.0. The van der Waals surface area contributed by atoms with Gasteiger partial charge in [-0.25, -0.2) is 0 Å². The minimum absolute atomic E-state index is 0.496. The van der Waals surface area contributed by atoms with Crippen LogP contribution in [0.2, 0.25) is 0 Å². The van der Waals surface area contributed by atoms with Gasteiger partial charge in [-0.2, -0.15) is 10.5 Å². The van der Waals surface area contributed by atoms with E-state index in [1.807, 2.05) is 24.3 Å². The highest BCUT2D eigenvalue weighted by atomic mass is 32.1. The van der Waals surface area contributed by atoms with E-state index in [0.717, 1.165) is 54.4 Å². The normalized spacial score (nSPS) is 12.0. The SMILES string of the molecule is N#Cc1cc(-n2c3ccccc3c3ccc4sc5ccccc5c4c32)c(C#N)c(-n2c3ccccc3c3ccc4sc5ccccc5c4c32)c1. The van der Waals surface area contributed by atoms with E-state index < -0.39 is 0 Å². The molecule has 230 valence electrons. The molecule has 0 amide bonds. The second-order valence-corrected chi connectivity index (χ2v) is 14.9.